The molecule has 0 saturated heterocycles. The number of allylic oxidation sites excluding steroid dienone is 5. The second-order valence-electron chi connectivity index (χ2n) is 4.86. The maximum atomic E-state index is 3.73. The number of rotatable bonds is 3. The Labute approximate surface area is 88.4 Å². The van der Waals surface area contributed by atoms with Gasteiger partial charge in [0, 0.05) is 0 Å². The van der Waals surface area contributed by atoms with Gasteiger partial charge in [-0.2, -0.15) is 0 Å². The van der Waals surface area contributed by atoms with Gasteiger partial charge >= 0.3 is 0 Å². The van der Waals surface area contributed by atoms with Crippen LogP contribution in [-0.2, 0) is 0 Å². The van der Waals surface area contributed by atoms with Gasteiger partial charge in [0.05, 0.1) is 0 Å². The molecule has 78 valence electrons. The van der Waals surface area contributed by atoms with Gasteiger partial charge in [-0.1, -0.05) is 37.6 Å². The van der Waals surface area contributed by atoms with E-state index in [9.17, 15) is 0 Å². The van der Waals surface area contributed by atoms with Gasteiger partial charge in [-0.15, -0.1) is 6.58 Å². The molecule has 0 aromatic carbocycles. The van der Waals surface area contributed by atoms with Crippen LogP contribution in [0.3, 0.4) is 0 Å². The van der Waals surface area contributed by atoms with E-state index in [0.717, 1.165) is 6.42 Å². The minimum absolute atomic E-state index is 0.375. The summed E-state index contributed by atoms with van der Waals surface area (Å²) < 4.78 is 0. The highest BCUT2D eigenvalue weighted by Gasteiger charge is 2.26. The second kappa shape index (κ2) is 4.63. The molecule has 0 aliphatic heterocycles. The van der Waals surface area contributed by atoms with E-state index >= 15 is 0 Å². The fourth-order valence-electron chi connectivity index (χ4n) is 2.29. The highest BCUT2D eigenvalue weighted by Crippen LogP contribution is 2.40. The molecule has 0 nitrogen and oxygen atoms in total. The van der Waals surface area contributed by atoms with E-state index in [-0.39, 0.29) is 0 Å². The summed E-state index contributed by atoms with van der Waals surface area (Å²) in [5.41, 5.74) is 3.49. The Hall–Kier alpha value is -0.780. The van der Waals surface area contributed by atoms with Crippen molar-refractivity contribution in [3.8, 4) is 0 Å². The van der Waals surface area contributed by atoms with Crippen LogP contribution < -0.4 is 0 Å². The summed E-state index contributed by atoms with van der Waals surface area (Å²) in [7, 11) is 0. The average Bonchev–Trinajstić information content (AvgIpc) is 2.09. The van der Waals surface area contributed by atoms with Crippen molar-refractivity contribution in [3.63, 3.8) is 0 Å². The van der Waals surface area contributed by atoms with Gasteiger partial charge in [0.2, 0.25) is 0 Å². The van der Waals surface area contributed by atoms with Crippen LogP contribution in [0.5, 0.6) is 0 Å². The third-order valence-corrected chi connectivity index (χ3v) is 3.13. The van der Waals surface area contributed by atoms with Crippen molar-refractivity contribution in [2.75, 3.05) is 0 Å². The van der Waals surface area contributed by atoms with E-state index < -0.39 is 0 Å². The maximum absolute atomic E-state index is 3.73. The van der Waals surface area contributed by atoms with Crippen molar-refractivity contribution >= 4 is 0 Å². The Morgan fingerprint density at radius 2 is 2.14 bits per heavy atom. The molecule has 14 heavy (non-hydrogen) atoms. The largest absolute Gasteiger partial charge is 0.103 e. The zero-order valence-electron chi connectivity index (χ0n) is 9.77. The minimum Gasteiger partial charge on any atom is -0.103 e. The van der Waals surface area contributed by atoms with Crippen LogP contribution in [0.15, 0.2) is 36.0 Å². The molecule has 0 heterocycles. The normalized spacial score (nSPS) is 21.6. The van der Waals surface area contributed by atoms with E-state index in [1.54, 1.807) is 11.1 Å². The third kappa shape index (κ3) is 2.60. The minimum atomic E-state index is 0.375. The fraction of sp³-hybridized carbons (Fsp3) is 0.571. The zero-order valence-corrected chi connectivity index (χ0v) is 9.77. The van der Waals surface area contributed by atoms with Gasteiger partial charge in [0.1, 0.15) is 0 Å². The lowest BCUT2D eigenvalue weighted by molar-refractivity contribution is 0.376. The van der Waals surface area contributed by atoms with Crippen molar-refractivity contribution < 1.29 is 0 Å². The lowest BCUT2D eigenvalue weighted by Crippen LogP contribution is -2.18. The first-order valence-corrected chi connectivity index (χ1v) is 5.55. The Morgan fingerprint density at radius 3 is 2.71 bits per heavy atom. The van der Waals surface area contributed by atoms with Crippen molar-refractivity contribution in [3.05, 3.63) is 36.0 Å². The van der Waals surface area contributed by atoms with Crippen LogP contribution in [0.1, 0.15) is 46.5 Å². The van der Waals surface area contributed by atoms with Crippen molar-refractivity contribution in [1.82, 2.24) is 0 Å². The summed E-state index contributed by atoms with van der Waals surface area (Å²) in [4.78, 5) is 0. The first-order valence-electron chi connectivity index (χ1n) is 5.55. The lowest BCUT2D eigenvalue weighted by Gasteiger charge is -2.32. The van der Waals surface area contributed by atoms with Gasteiger partial charge in [-0.3, -0.25) is 0 Å². The van der Waals surface area contributed by atoms with E-state index in [1.807, 2.05) is 6.08 Å². The van der Waals surface area contributed by atoms with Gasteiger partial charge in [0.15, 0.2) is 0 Å². The quantitative estimate of drug-likeness (QED) is 0.568. The van der Waals surface area contributed by atoms with Gasteiger partial charge in [0.25, 0.3) is 0 Å². The van der Waals surface area contributed by atoms with Crippen LogP contribution >= 0.6 is 0 Å². The van der Waals surface area contributed by atoms with Crippen LogP contribution in [0, 0.1) is 5.41 Å². The zero-order chi connectivity index (χ0) is 10.6. The summed E-state index contributed by atoms with van der Waals surface area (Å²) in [6, 6.07) is 0. The first-order chi connectivity index (χ1) is 6.58. The Morgan fingerprint density at radius 1 is 1.43 bits per heavy atom. The van der Waals surface area contributed by atoms with Crippen molar-refractivity contribution in [1.29, 1.82) is 0 Å². The molecule has 1 aliphatic rings. The second-order valence-corrected chi connectivity index (χ2v) is 4.86. The third-order valence-electron chi connectivity index (χ3n) is 3.13. The standard InChI is InChI=1S/C14H22/c1-5-6-7-10-13-12(2)9-8-11-14(13,3)4/h5,7,10H,1,6,8-9,11H2,2-4H3. The topological polar surface area (TPSA) is 0 Å². The Kier molecular flexibility index (Phi) is 3.74. The highest BCUT2D eigenvalue weighted by molar-refractivity contribution is 5.32. The Balaban J connectivity index is 2.84. The smallest absolute Gasteiger partial charge is 0.0104 e. The molecule has 0 radical (unpaired) electrons. The SMILES string of the molecule is C=CCC=CC1=C(C)CCCC1(C)C. The monoisotopic (exact) mass is 190 g/mol. The van der Waals surface area contributed by atoms with E-state index in [4.69, 9.17) is 0 Å². The van der Waals surface area contributed by atoms with Crippen LogP contribution in [0.25, 0.3) is 0 Å². The van der Waals surface area contributed by atoms with Crippen LogP contribution in [0.4, 0.5) is 0 Å². The van der Waals surface area contributed by atoms with Gasteiger partial charge in [-0.25, -0.2) is 0 Å². The molecule has 0 fully saturated rings. The average molecular weight is 190 g/mol. The molecule has 0 saturated carbocycles. The Bertz CT molecular complexity index is 264. The predicted octanol–water partition coefficient (Wildman–Crippen LogP) is 4.65. The molecule has 0 unspecified atom stereocenters. The highest BCUT2D eigenvalue weighted by atomic mass is 14.3. The summed E-state index contributed by atoms with van der Waals surface area (Å²) in [5, 5.41) is 0. The molecule has 0 aromatic heterocycles. The van der Waals surface area contributed by atoms with Gasteiger partial charge in [-0.05, 0) is 43.6 Å². The molecule has 1 rings (SSSR count). The number of hydrogen-bond donors (Lipinski definition) is 0. The summed E-state index contributed by atoms with van der Waals surface area (Å²) in [6.45, 7) is 10.7. The fourth-order valence-corrected chi connectivity index (χ4v) is 2.29. The van der Waals surface area contributed by atoms with E-state index in [1.165, 1.54) is 19.3 Å². The summed E-state index contributed by atoms with van der Waals surface area (Å²) >= 11 is 0. The summed E-state index contributed by atoms with van der Waals surface area (Å²) in [6.07, 6.45) is 11.4. The van der Waals surface area contributed by atoms with Gasteiger partial charge < -0.3 is 0 Å². The molecule has 0 bridgehead atoms. The van der Waals surface area contributed by atoms with Crippen molar-refractivity contribution in [2.45, 2.75) is 46.5 Å². The van der Waals surface area contributed by atoms with Crippen LogP contribution in [-0.4, -0.2) is 0 Å². The molecule has 0 N–H and O–H groups in total. The molecular weight excluding hydrogens is 168 g/mol. The first kappa shape index (κ1) is 11.3. The maximum Gasteiger partial charge on any atom is -0.0104 e. The molecule has 0 amide bonds. The molecular formula is C14H22. The van der Waals surface area contributed by atoms with Crippen molar-refractivity contribution in [2.24, 2.45) is 5.41 Å². The molecule has 1 aliphatic carbocycles. The van der Waals surface area contributed by atoms with E-state index in [2.05, 4.69) is 39.5 Å². The summed E-state index contributed by atoms with van der Waals surface area (Å²) in [5.74, 6) is 0. The van der Waals surface area contributed by atoms with E-state index in [0.29, 0.717) is 5.41 Å². The lowest BCUT2D eigenvalue weighted by atomic mass is 9.72. The number of hydrogen-bond acceptors (Lipinski definition) is 0. The molecule has 0 heteroatoms. The molecule has 0 atom stereocenters. The molecule has 0 spiro atoms. The predicted molar refractivity (Wildman–Crippen MR) is 64.3 cm³/mol. The molecule has 0 aromatic rings. The van der Waals surface area contributed by atoms with Crippen LogP contribution in [0.2, 0.25) is 0 Å².